The molecule has 2 fully saturated rings. The van der Waals surface area contributed by atoms with Gasteiger partial charge in [0, 0.05) is 12.6 Å². The van der Waals surface area contributed by atoms with Crippen LogP contribution >= 0.6 is 0 Å². The van der Waals surface area contributed by atoms with Crippen molar-refractivity contribution in [1.29, 1.82) is 0 Å². The lowest BCUT2D eigenvalue weighted by Gasteiger charge is -2.40. The largest absolute Gasteiger partial charge is 0.444 e. The van der Waals surface area contributed by atoms with Gasteiger partial charge < -0.3 is 15.4 Å². The number of nitrogens with zero attached hydrogens (tertiary/aromatic N) is 1. The number of piperidine rings is 1. The average molecular weight is 268 g/mol. The Kier molecular flexibility index (Phi) is 4.39. The Morgan fingerprint density at radius 3 is 2.53 bits per heavy atom. The van der Waals surface area contributed by atoms with Crippen LogP contribution in [0.5, 0.6) is 0 Å². The molecule has 2 atom stereocenters. The van der Waals surface area contributed by atoms with E-state index in [0.717, 1.165) is 32.4 Å². The summed E-state index contributed by atoms with van der Waals surface area (Å²) in [5.74, 6) is 1.39. The van der Waals surface area contributed by atoms with Crippen molar-refractivity contribution in [2.45, 2.75) is 64.5 Å². The van der Waals surface area contributed by atoms with Crippen LogP contribution in [0.3, 0.4) is 0 Å². The Balaban J connectivity index is 1.97. The second-order valence-corrected chi connectivity index (χ2v) is 7.05. The summed E-state index contributed by atoms with van der Waals surface area (Å²) in [5, 5.41) is 0. The molecule has 1 saturated carbocycles. The summed E-state index contributed by atoms with van der Waals surface area (Å²) in [6.07, 6.45) is 5.67. The van der Waals surface area contributed by atoms with Crippen LogP contribution < -0.4 is 5.73 Å². The quantitative estimate of drug-likeness (QED) is 0.856. The van der Waals surface area contributed by atoms with Crippen molar-refractivity contribution < 1.29 is 9.53 Å². The Hall–Kier alpha value is -0.770. The highest BCUT2D eigenvalue weighted by Gasteiger charge is 2.42. The molecule has 2 N–H and O–H groups in total. The second kappa shape index (κ2) is 5.70. The highest BCUT2D eigenvalue weighted by molar-refractivity contribution is 5.68. The van der Waals surface area contributed by atoms with Crippen LogP contribution in [-0.4, -0.2) is 35.7 Å². The highest BCUT2D eigenvalue weighted by Crippen LogP contribution is 2.41. The lowest BCUT2D eigenvalue weighted by molar-refractivity contribution is 0.000963. The SMILES string of the molecule is CC(C)(C)OC(=O)N1CCC(CCN)CC1C1CC1. The Bertz CT molecular complexity index is 321. The molecule has 0 radical (unpaired) electrons. The first-order valence-corrected chi connectivity index (χ1v) is 7.60. The Morgan fingerprint density at radius 2 is 2.00 bits per heavy atom. The molecule has 19 heavy (non-hydrogen) atoms. The van der Waals surface area contributed by atoms with Gasteiger partial charge in [-0.3, -0.25) is 0 Å². The van der Waals surface area contributed by atoms with E-state index in [2.05, 4.69) is 0 Å². The number of amides is 1. The second-order valence-electron chi connectivity index (χ2n) is 7.05. The van der Waals surface area contributed by atoms with Gasteiger partial charge in [-0.25, -0.2) is 4.79 Å². The molecular formula is C15H28N2O2. The molecule has 1 aliphatic carbocycles. The van der Waals surface area contributed by atoms with Crippen molar-refractivity contribution in [3.05, 3.63) is 0 Å². The van der Waals surface area contributed by atoms with Crippen LogP contribution in [0.4, 0.5) is 4.79 Å². The van der Waals surface area contributed by atoms with Gasteiger partial charge in [0.15, 0.2) is 0 Å². The minimum Gasteiger partial charge on any atom is -0.444 e. The van der Waals surface area contributed by atoms with Crippen LogP contribution in [0.2, 0.25) is 0 Å². The molecule has 0 spiro atoms. The maximum Gasteiger partial charge on any atom is 0.410 e. The van der Waals surface area contributed by atoms with Crippen molar-refractivity contribution in [3.63, 3.8) is 0 Å². The zero-order chi connectivity index (χ0) is 14.0. The topological polar surface area (TPSA) is 55.6 Å². The predicted molar refractivity (Wildman–Crippen MR) is 75.8 cm³/mol. The number of likely N-dealkylation sites (tertiary alicyclic amines) is 1. The molecular weight excluding hydrogens is 240 g/mol. The van der Waals surface area contributed by atoms with Gasteiger partial charge >= 0.3 is 6.09 Å². The minimum atomic E-state index is -0.403. The molecule has 1 saturated heterocycles. The van der Waals surface area contributed by atoms with E-state index >= 15 is 0 Å². The molecule has 2 rings (SSSR count). The van der Waals surface area contributed by atoms with Crippen molar-refractivity contribution in [3.8, 4) is 0 Å². The third-order valence-corrected chi connectivity index (χ3v) is 4.12. The first kappa shape index (κ1) is 14.6. The van der Waals surface area contributed by atoms with Gasteiger partial charge in [0.1, 0.15) is 5.60 Å². The molecule has 1 aliphatic heterocycles. The summed E-state index contributed by atoms with van der Waals surface area (Å²) in [6.45, 7) is 7.38. The van der Waals surface area contributed by atoms with Crippen LogP contribution in [0.1, 0.15) is 52.9 Å². The van der Waals surface area contributed by atoms with E-state index in [1.807, 2.05) is 25.7 Å². The molecule has 1 heterocycles. The molecule has 4 heteroatoms. The fraction of sp³-hybridized carbons (Fsp3) is 0.933. The molecule has 110 valence electrons. The van der Waals surface area contributed by atoms with Gasteiger partial charge in [0.2, 0.25) is 0 Å². The van der Waals surface area contributed by atoms with E-state index in [-0.39, 0.29) is 6.09 Å². The normalized spacial score (nSPS) is 28.3. The third kappa shape index (κ3) is 4.10. The molecule has 2 unspecified atom stereocenters. The van der Waals surface area contributed by atoms with Gasteiger partial charge in [-0.2, -0.15) is 0 Å². The zero-order valence-corrected chi connectivity index (χ0v) is 12.5. The van der Waals surface area contributed by atoms with Gasteiger partial charge in [-0.1, -0.05) is 0 Å². The third-order valence-electron chi connectivity index (χ3n) is 4.12. The van der Waals surface area contributed by atoms with Crippen molar-refractivity contribution >= 4 is 6.09 Å². The zero-order valence-electron chi connectivity index (χ0n) is 12.5. The average Bonchev–Trinajstić information content (AvgIpc) is 3.10. The number of nitrogens with two attached hydrogens (primary N) is 1. The predicted octanol–water partition coefficient (Wildman–Crippen LogP) is 2.76. The molecule has 2 aliphatic rings. The molecule has 4 nitrogen and oxygen atoms in total. The first-order chi connectivity index (χ1) is 8.90. The summed E-state index contributed by atoms with van der Waals surface area (Å²) in [4.78, 5) is 14.3. The number of hydrogen-bond acceptors (Lipinski definition) is 3. The smallest absolute Gasteiger partial charge is 0.410 e. The fourth-order valence-corrected chi connectivity index (χ4v) is 3.05. The van der Waals surface area contributed by atoms with Crippen LogP contribution in [0.25, 0.3) is 0 Å². The lowest BCUT2D eigenvalue weighted by atomic mass is 9.86. The maximum atomic E-state index is 12.3. The lowest BCUT2D eigenvalue weighted by Crippen LogP contribution is -2.49. The van der Waals surface area contributed by atoms with E-state index in [1.165, 1.54) is 12.8 Å². The number of carbonyl (C=O) groups excluding carboxylic acids is 1. The monoisotopic (exact) mass is 268 g/mol. The summed E-state index contributed by atoms with van der Waals surface area (Å²) in [7, 11) is 0. The number of hydrogen-bond donors (Lipinski definition) is 1. The van der Waals surface area contributed by atoms with Crippen molar-refractivity contribution in [1.82, 2.24) is 4.90 Å². The van der Waals surface area contributed by atoms with E-state index in [0.29, 0.717) is 17.9 Å². The van der Waals surface area contributed by atoms with E-state index in [9.17, 15) is 4.79 Å². The Morgan fingerprint density at radius 1 is 1.32 bits per heavy atom. The van der Waals surface area contributed by atoms with E-state index in [1.54, 1.807) is 0 Å². The number of rotatable bonds is 3. The van der Waals surface area contributed by atoms with E-state index < -0.39 is 5.60 Å². The first-order valence-electron chi connectivity index (χ1n) is 7.60. The minimum absolute atomic E-state index is 0.129. The summed E-state index contributed by atoms with van der Waals surface area (Å²) >= 11 is 0. The maximum absolute atomic E-state index is 12.3. The molecule has 0 aromatic heterocycles. The molecule has 0 bridgehead atoms. The van der Waals surface area contributed by atoms with Crippen LogP contribution in [0, 0.1) is 11.8 Å². The van der Waals surface area contributed by atoms with Gasteiger partial charge in [0.05, 0.1) is 0 Å². The standard InChI is InChI=1S/C15H28N2O2/c1-15(2,3)19-14(18)17-9-7-11(6-8-16)10-13(17)12-4-5-12/h11-13H,4-10,16H2,1-3H3. The van der Waals surface area contributed by atoms with Gasteiger partial charge in [-0.15, -0.1) is 0 Å². The Labute approximate surface area is 116 Å². The number of ether oxygens (including phenoxy) is 1. The van der Waals surface area contributed by atoms with Crippen LogP contribution in [-0.2, 0) is 4.74 Å². The number of carbonyl (C=O) groups is 1. The van der Waals surface area contributed by atoms with Crippen LogP contribution in [0.15, 0.2) is 0 Å². The van der Waals surface area contributed by atoms with Crippen molar-refractivity contribution in [2.75, 3.05) is 13.1 Å². The summed E-state index contributed by atoms with van der Waals surface area (Å²) in [5.41, 5.74) is 5.27. The fourth-order valence-electron chi connectivity index (χ4n) is 3.05. The summed E-state index contributed by atoms with van der Waals surface area (Å²) < 4.78 is 5.54. The molecule has 0 aromatic rings. The molecule has 0 aromatic carbocycles. The molecule has 1 amide bonds. The van der Waals surface area contributed by atoms with Crippen molar-refractivity contribution in [2.24, 2.45) is 17.6 Å². The summed E-state index contributed by atoms with van der Waals surface area (Å²) in [6, 6.07) is 0.389. The van der Waals surface area contributed by atoms with E-state index in [4.69, 9.17) is 10.5 Å². The highest BCUT2D eigenvalue weighted by atomic mass is 16.6. The van der Waals surface area contributed by atoms with Gasteiger partial charge in [-0.05, 0) is 71.3 Å². The van der Waals surface area contributed by atoms with Gasteiger partial charge in [0.25, 0.3) is 0 Å².